The van der Waals surface area contributed by atoms with Crippen LogP contribution in [0.15, 0.2) is 52.9 Å². The number of rotatable bonds is 5. The van der Waals surface area contributed by atoms with Gasteiger partial charge in [-0.3, -0.25) is 9.29 Å². The summed E-state index contributed by atoms with van der Waals surface area (Å²) in [6, 6.07) is 13.1. The molecule has 1 fully saturated rings. The van der Waals surface area contributed by atoms with E-state index in [9.17, 15) is 8.42 Å². The zero-order valence-corrected chi connectivity index (χ0v) is 18.9. The Balaban J connectivity index is 1.51. The highest BCUT2D eigenvalue weighted by Gasteiger charge is 2.34. The lowest BCUT2D eigenvalue weighted by atomic mass is 10.1. The maximum absolute atomic E-state index is 13.5. The van der Waals surface area contributed by atoms with E-state index < -0.39 is 10.0 Å². The van der Waals surface area contributed by atoms with Gasteiger partial charge in [0.2, 0.25) is 0 Å². The molecule has 0 spiro atoms. The molecule has 2 aliphatic heterocycles. The Hall–Kier alpha value is -2.62. The molecule has 0 bridgehead atoms. The van der Waals surface area contributed by atoms with Gasteiger partial charge in [0, 0.05) is 38.9 Å². The van der Waals surface area contributed by atoms with E-state index in [0.29, 0.717) is 17.2 Å². The maximum Gasteiger partial charge on any atom is 0.273 e. The Kier molecular flexibility index (Phi) is 5.33. The minimum atomic E-state index is -3.65. The van der Waals surface area contributed by atoms with Crippen molar-refractivity contribution < 1.29 is 13.2 Å². The van der Waals surface area contributed by atoms with E-state index in [2.05, 4.69) is 15.2 Å². The number of hydrogen-bond donors (Lipinski definition) is 1. The Bertz CT molecular complexity index is 1190. The Morgan fingerprint density at radius 2 is 1.90 bits per heavy atom. The SMILES string of the molecule is COc1cc2c(cc1N1CCNCC1)N(S(=O)(=O)c1ccc(-c3ccccn3)s1)CC2. The van der Waals surface area contributed by atoms with Crippen LogP contribution < -0.4 is 19.3 Å². The standard InChI is InChI=1S/C22H24N4O3S2/c1-29-20-14-16-7-11-26(18(16)15-19(20)25-12-9-23-10-13-25)31(27,28)22-6-5-21(30-22)17-4-2-3-8-24-17/h2-6,8,14-15,23H,7,9-13H2,1H3. The lowest BCUT2D eigenvalue weighted by Gasteiger charge is -2.31. The molecule has 2 aromatic heterocycles. The minimum absolute atomic E-state index is 0.334. The van der Waals surface area contributed by atoms with Crippen LogP contribution in [0.4, 0.5) is 11.4 Å². The number of benzene rings is 1. The van der Waals surface area contributed by atoms with E-state index in [4.69, 9.17) is 4.74 Å². The van der Waals surface area contributed by atoms with Crippen LogP contribution in [-0.4, -0.2) is 53.2 Å². The van der Waals surface area contributed by atoms with Crippen molar-refractivity contribution in [1.29, 1.82) is 0 Å². The van der Waals surface area contributed by atoms with E-state index in [1.807, 2.05) is 36.4 Å². The Morgan fingerprint density at radius 3 is 2.65 bits per heavy atom. The van der Waals surface area contributed by atoms with Crippen LogP contribution in [0.1, 0.15) is 5.56 Å². The summed E-state index contributed by atoms with van der Waals surface area (Å²) >= 11 is 1.26. The molecule has 162 valence electrons. The van der Waals surface area contributed by atoms with E-state index in [0.717, 1.165) is 59.4 Å². The number of piperazine rings is 1. The van der Waals surface area contributed by atoms with Gasteiger partial charge >= 0.3 is 0 Å². The summed E-state index contributed by atoms with van der Waals surface area (Å²) in [5.41, 5.74) is 3.48. The summed E-state index contributed by atoms with van der Waals surface area (Å²) in [5.74, 6) is 0.799. The van der Waals surface area contributed by atoms with Gasteiger partial charge in [-0.1, -0.05) is 6.07 Å². The molecule has 3 aromatic rings. The van der Waals surface area contributed by atoms with Gasteiger partial charge in [-0.2, -0.15) is 0 Å². The number of pyridine rings is 1. The third-order valence-electron chi connectivity index (χ3n) is 5.73. The molecule has 0 atom stereocenters. The van der Waals surface area contributed by atoms with Crippen molar-refractivity contribution in [3.05, 3.63) is 54.2 Å². The van der Waals surface area contributed by atoms with Crippen LogP contribution in [0.25, 0.3) is 10.6 Å². The lowest BCUT2D eigenvalue weighted by molar-refractivity contribution is 0.412. The summed E-state index contributed by atoms with van der Waals surface area (Å²) in [6.45, 7) is 3.95. The first kappa shape index (κ1) is 20.3. The van der Waals surface area contributed by atoms with Crippen LogP contribution in [0.2, 0.25) is 0 Å². The molecule has 9 heteroatoms. The molecule has 7 nitrogen and oxygen atoms in total. The van der Waals surface area contributed by atoms with Gasteiger partial charge in [0.05, 0.1) is 29.1 Å². The second kappa shape index (κ2) is 8.14. The van der Waals surface area contributed by atoms with Crippen LogP contribution in [0.3, 0.4) is 0 Å². The molecule has 1 N–H and O–H groups in total. The number of anilines is 2. The van der Waals surface area contributed by atoms with Crippen LogP contribution >= 0.6 is 11.3 Å². The molecular formula is C22H24N4O3S2. The number of aromatic nitrogens is 1. The molecule has 0 unspecified atom stereocenters. The van der Waals surface area contributed by atoms with E-state index in [1.165, 1.54) is 11.3 Å². The van der Waals surface area contributed by atoms with Gasteiger partial charge in [0.15, 0.2) is 0 Å². The topological polar surface area (TPSA) is 74.8 Å². The predicted molar refractivity (Wildman–Crippen MR) is 124 cm³/mol. The summed E-state index contributed by atoms with van der Waals surface area (Å²) in [5, 5.41) is 3.35. The normalized spacial score (nSPS) is 16.4. The fourth-order valence-corrected chi connectivity index (χ4v) is 7.05. The number of sulfonamides is 1. The Morgan fingerprint density at radius 1 is 1.06 bits per heavy atom. The number of fused-ring (bicyclic) bond motifs is 1. The number of hydrogen-bond acceptors (Lipinski definition) is 7. The van der Waals surface area contributed by atoms with Crippen molar-refractivity contribution in [3.63, 3.8) is 0 Å². The van der Waals surface area contributed by atoms with Gasteiger partial charge in [0.1, 0.15) is 9.96 Å². The quantitative estimate of drug-likeness (QED) is 0.636. The molecule has 4 heterocycles. The highest BCUT2D eigenvalue weighted by Crippen LogP contribution is 2.42. The van der Waals surface area contributed by atoms with Gasteiger partial charge in [0.25, 0.3) is 10.0 Å². The smallest absolute Gasteiger partial charge is 0.273 e. The van der Waals surface area contributed by atoms with Crippen LogP contribution in [0, 0.1) is 0 Å². The molecule has 0 aliphatic carbocycles. The highest BCUT2D eigenvalue weighted by molar-refractivity contribution is 7.94. The number of nitrogens with zero attached hydrogens (tertiary/aromatic N) is 3. The second-order valence-corrected chi connectivity index (χ2v) is 10.7. The van der Waals surface area contributed by atoms with Crippen molar-refractivity contribution in [3.8, 4) is 16.3 Å². The molecule has 1 aromatic carbocycles. The third-order valence-corrected chi connectivity index (χ3v) is 9.12. The minimum Gasteiger partial charge on any atom is -0.495 e. The first-order chi connectivity index (χ1) is 15.1. The largest absolute Gasteiger partial charge is 0.495 e. The van der Waals surface area contributed by atoms with Gasteiger partial charge in [-0.05, 0) is 48.4 Å². The molecule has 1 saturated heterocycles. The summed E-state index contributed by atoms with van der Waals surface area (Å²) < 4.78 is 34.6. The molecule has 0 radical (unpaired) electrons. The van der Waals surface area contributed by atoms with Gasteiger partial charge < -0.3 is 15.0 Å². The molecule has 2 aliphatic rings. The van der Waals surface area contributed by atoms with Gasteiger partial charge in [-0.15, -0.1) is 11.3 Å². The fraction of sp³-hybridized carbons (Fsp3) is 0.318. The first-order valence-electron chi connectivity index (χ1n) is 10.3. The summed E-state index contributed by atoms with van der Waals surface area (Å²) in [6.07, 6.45) is 2.39. The third kappa shape index (κ3) is 3.66. The van der Waals surface area contributed by atoms with Crippen LogP contribution in [-0.2, 0) is 16.4 Å². The van der Waals surface area contributed by atoms with Crippen molar-refractivity contribution >= 4 is 32.7 Å². The van der Waals surface area contributed by atoms with Crippen molar-refractivity contribution in [2.24, 2.45) is 0 Å². The lowest BCUT2D eigenvalue weighted by Crippen LogP contribution is -2.43. The number of methoxy groups -OCH3 is 1. The highest BCUT2D eigenvalue weighted by atomic mass is 32.2. The molecule has 5 rings (SSSR count). The average Bonchev–Trinajstić information content (AvgIpc) is 3.47. The monoisotopic (exact) mass is 456 g/mol. The van der Waals surface area contributed by atoms with Crippen molar-refractivity contribution in [2.45, 2.75) is 10.6 Å². The zero-order chi connectivity index (χ0) is 21.4. The van der Waals surface area contributed by atoms with E-state index in [-0.39, 0.29) is 0 Å². The van der Waals surface area contributed by atoms with E-state index in [1.54, 1.807) is 23.7 Å². The van der Waals surface area contributed by atoms with Crippen molar-refractivity contribution in [1.82, 2.24) is 10.3 Å². The number of ether oxygens (including phenoxy) is 1. The molecular weight excluding hydrogens is 432 g/mol. The molecule has 0 saturated carbocycles. The van der Waals surface area contributed by atoms with Crippen molar-refractivity contribution in [2.75, 3.05) is 49.0 Å². The van der Waals surface area contributed by atoms with E-state index >= 15 is 0 Å². The Labute approximate surface area is 186 Å². The summed E-state index contributed by atoms with van der Waals surface area (Å²) in [7, 11) is -1.99. The predicted octanol–water partition coefficient (Wildman–Crippen LogP) is 2.98. The fourth-order valence-electron chi connectivity index (χ4n) is 4.15. The second-order valence-electron chi connectivity index (χ2n) is 7.55. The van der Waals surface area contributed by atoms with Gasteiger partial charge in [-0.25, -0.2) is 8.42 Å². The number of nitrogens with one attached hydrogen (secondary N) is 1. The number of thiophene rings is 1. The molecule has 0 amide bonds. The molecule has 31 heavy (non-hydrogen) atoms. The summed E-state index contributed by atoms with van der Waals surface area (Å²) in [4.78, 5) is 7.43. The zero-order valence-electron chi connectivity index (χ0n) is 17.2. The average molecular weight is 457 g/mol. The maximum atomic E-state index is 13.5. The first-order valence-corrected chi connectivity index (χ1v) is 12.5. The van der Waals surface area contributed by atoms with Crippen LogP contribution in [0.5, 0.6) is 5.75 Å².